The van der Waals surface area contributed by atoms with Gasteiger partial charge in [0, 0.05) is 61.5 Å². The molecular weight excluding hydrogens is 344 g/mol. The van der Waals surface area contributed by atoms with Crippen LogP contribution in [0.4, 0.5) is 0 Å². The first-order valence-electron chi connectivity index (χ1n) is 9.56. The zero-order chi connectivity index (χ0) is 19.2. The lowest BCUT2D eigenvalue weighted by molar-refractivity contribution is 0.557. The highest BCUT2D eigenvalue weighted by atomic mass is 15.0. The van der Waals surface area contributed by atoms with E-state index in [1.807, 2.05) is 37.9 Å². The summed E-state index contributed by atoms with van der Waals surface area (Å²) < 4.78 is 0. The second-order valence-corrected chi connectivity index (χ2v) is 6.86. The minimum Gasteiger partial charge on any atom is -0.389 e. The molecule has 1 aromatic heterocycles. The number of aliphatic imine (C=N–C) groups is 1. The molecule has 1 atom stereocenters. The Kier molecular flexibility index (Phi) is 5.59. The van der Waals surface area contributed by atoms with E-state index in [2.05, 4.69) is 75.2 Å². The molecule has 0 aliphatic carbocycles. The molecular formula is C24H24N4. The second kappa shape index (κ2) is 8.63. The Morgan fingerprint density at radius 1 is 1.07 bits per heavy atom. The van der Waals surface area contributed by atoms with Crippen LogP contribution in [0.5, 0.6) is 0 Å². The number of rotatable bonds is 6. The summed E-state index contributed by atoms with van der Waals surface area (Å²) >= 11 is 0. The van der Waals surface area contributed by atoms with Crippen LogP contribution in [0, 0.1) is 0 Å². The number of pyridine rings is 1. The van der Waals surface area contributed by atoms with Crippen LogP contribution in [0.1, 0.15) is 23.1 Å². The number of likely N-dealkylation sites (N-methyl/N-ethyl adjacent to an activating group) is 1. The molecule has 4 nitrogen and oxygen atoms in total. The van der Waals surface area contributed by atoms with Crippen molar-refractivity contribution in [3.05, 3.63) is 89.5 Å². The third-order valence-electron chi connectivity index (χ3n) is 4.99. The molecule has 1 aliphatic heterocycles. The molecule has 4 rings (SSSR count). The van der Waals surface area contributed by atoms with Crippen molar-refractivity contribution in [2.24, 2.45) is 4.99 Å². The largest absolute Gasteiger partial charge is 0.389 e. The molecule has 0 bridgehead atoms. The summed E-state index contributed by atoms with van der Waals surface area (Å²) in [6.07, 6.45) is 12.9. The quantitative estimate of drug-likeness (QED) is 0.678. The fourth-order valence-corrected chi connectivity index (χ4v) is 3.42. The van der Waals surface area contributed by atoms with Crippen molar-refractivity contribution >= 4 is 29.1 Å². The number of nitrogens with zero attached hydrogens (tertiary/aromatic N) is 2. The number of aromatic nitrogens is 1. The first-order chi connectivity index (χ1) is 13.8. The van der Waals surface area contributed by atoms with Crippen molar-refractivity contribution in [2.75, 3.05) is 7.05 Å². The van der Waals surface area contributed by atoms with Crippen LogP contribution in [0.15, 0.2) is 77.8 Å². The average Bonchev–Trinajstić information content (AvgIpc) is 2.77. The van der Waals surface area contributed by atoms with Gasteiger partial charge in [0.1, 0.15) is 0 Å². The zero-order valence-electron chi connectivity index (χ0n) is 16.0. The number of nitrogens with one attached hydrogen (secondary N) is 2. The summed E-state index contributed by atoms with van der Waals surface area (Å²) in [6.45, 7) is 0.803. The molecule has 2 N–H and O–H groups in total. The maximum absolute atomic E-state index is 4.40. The zero-order valence-corrected chi connectivity index (χ0v) is 16.0. The summed E-state index contributed by atoms with van der Waals surface area (Å²) in [6, 6.07) is 17.2. The van der Waals surface area contributed by atoms with Crippen LogP contribution in [0.3, 0.4) is 0 Å². The minimum absolute atomic E-state index is 0.271. The van der Waals surface area contributed by atoms with E-state index in [0.29, 0.717) is 0 Å². The van der Waals surface area contributed by atoms with Crippen LogP contribution in [-0.4, -0.2) is 24.3 Å². The highest BCUT2D eigenvalue weighted by molar-refractivity contribution is 5.92. The van der Waals surface area contributed by atoms with E-state index in [1.54, 1.807) is 0 Å². The maximum Gasteiger partial charge on any atom is 0.0537 e. The Hall–Kier alpha value is -3.24. The lowest BCUT2D eigenvalue weighted by atomic mass is 10.0. The Labute approximate surface area is 165 Å². The highest BCUT2D eigenvalue weighted by Crippen LogP contribution is 2.22. The van der Waals surface area contributed by atoms with Gasteiger partial charge in [-0.15, -0.1) is 0 Å². The third kappa shape index (κ3) is 4.18. The minimum atomic E-state index is 0.271. The average molecular weight is 368 g/mol. The predicted molar refractivity (Wildman–Crippen MR) is 118 cm³/mol. The van der Waals surface area contributed by atoms with Crippen molar-refractivity contribution in [3.63, 3.8) is 0 Å². The number of fused-ring (bicyclic) bond motifs is 1. The molecule has 0 fully saturated rings. The molecule has 0 amide bonds. The Morgan fingerprint density at radius 2 is 1.96 bits per heavy atom. The first kappa shape index (κ1) is 18.1. The van der Waals surface area contributed by atoms with Gasteiger partial charge in [-0.2, -0.15) is 0 Å². The van der Waals surface area contributed by atoms with Crippen molar-refractivity contribution in [1.82, 2.24) is 15.6 Å². The molecule has 4 heteroatoms. The van der Waals surface area contributed by atoms with Gasteiger partial charge in [-0.3, -0.25) is 9.98 Å². The number of hydrogen-bond acceptors (Lipinski definition) is 4. The molecule has 0 saturated heterocycles. The lowest BCUT2D eigenvalue weighted by Gasteiger charge is -2.22. The SMILES string of the molecule is CNC1=CN=CCC1NCc1ccc2cncc(C=Cc3ccccc3)c2c1. The summed E-state index contributed by atoms with van der Waals surface area (Å²) in [5.41, 5.74) is 4.69. The predicted octanol–water partition coefficient (Wildman–Crippen LogP) is 4.40. The number of hydrogen-bond donors (Lipinski definition) is 2. The third-order valence-corrected chi connectivity index (χ3v) is 4.99. The van der Waals surface area contributed by atoms with Crippen molar-refractivity contribution in [3.8, 4) is 0 Å². The monoisotopic (exact) mass is 368 g/mol. The van der Waals surface area contributed by atoms with Crippen LogP contribution in [0.25, 0.3) is 22.9 Å². The van der Waals surface area contributed by atoms with Crippen LogP contribution < -0.4 is 10.6 Å². The summed E-state index contributed by atoms with van der Waals surface area (Å²) in [4.78, 5) is 8.63. The van der Waals surface area contributed by atoms with Gasteiger partial charge in [-0.1, -0.05) is 54.6 Å². The van der Waals surface area contributed by atoms with Gasteiger partial charge < -0.3 is 10.6 Å². The van der Waals surface area contributed by atoms with Gasteiger partial charge in [0.15, 0.2) is 0 Å². The number of benzene rings is 2. The van der Waals surface area contributed by atoms with Gasteiger partial charge in [0.05, 0.1) is 6.04 Å². The Bertz CT molecular complexity index is 1030. The van der Waals surface area contributed by atoms with Gasteiger partial charge in [0.25, 0.3) is 0 Å². The Balaban J connectivity index is 1.55. The second-order valence-electron chi connectivity index (χ2n) is 6.86. The fraction of sp³-hybridized carbons (Fsp3) is 0.167. The van der Waals surface area contributed by atoms with E-state index in [4.69, 9.17) is 0 Å². The summed E-state index contributed by atoms with van der Waals surface area (Å²) in [5.74, 6) is 0. The van der Waals surface area contributed by atoms with E-state index in [1.165, 1.54) is 16.5 Å². The summed E-state index contributed by atoms with van der Waals surface area (Å²) in [5, 5.41) is 9.22. The highest BCUT2D eigenvalue weighted by Gasteiger charge is 2.14. The molecule has 3 aromatic rings. The van der Waals surface area contributed by atoms with Crippen LogP contribution in [0.2, 0.25) is 0 Å². The van der Waals surface area contributed by atoms with Crippen LogP contribution in [-0.2, 0) is 6.54 Å². The van der Waals surface area contributed by atoms with Crippen LogP contribution >= 0.6 is 0 Å². The standard InChI is InChI=1S/C24H24N4/c1-25-24-17-26-12-11-23(24)28-14-19-8-10-21-16-27-15-20(22(21)13-19)9-7-18-5-3-2-4-6-18/h2-10,12-13,15-17,23,25,28H,11,14H2,1H3. The molecule has 0 saturated carbocycles. The van der Waals surface area contributed by atoms with Gasteiger partial charge in [0.2, 0.25) is 0 Å². The topological polar surface area (TPSA) is 49.3 Å². The molecule has 28 heavy (non-hydrogen) atoms. The smallest absolute Gasteiger partial charge is 0.0537 e. The van der Waals surface area contributed by atoms with E-state index in [9.17, 15) is 0 Å². The van der Waals surface area contributed by atoms with Gasteiger partial charge in [-0.25, -0.2) is 0 Å². The van der Waals surface area contributed by atoms with Crippen molar-refractivity contribution < 1.29 is 0 Å². The van der Waals surface area contributed by atoms with E-state index >= 15 is 0 Å². The van der Waals surface area contributed by atoms with E-state index < -0.39 is 0 Å². The lowest BCUT2D eigenvalue weighted by Crippen LogP contribution is -2.36. The Morgan fingerprint density at radius 3 is 2.82 bits per heavy atom. The summed E-state index contributed by atoms with van der Waals surface area (Å²) in [7, 11) is 1.94. The molecule has 1 unspecified atom stereocenters. The van der Waals surface area contributed by atoms with Crippen molar-refractivity contribution in [1.29, 1.82) is 0 Å². The fourth-order valence-electron chi connectivity index (χ4n) is 3.42. The molecule has 0 radical (unpaired) electrons. The van der Waals surface area contributed by atoms with E-state index in [0.717, 1.165) is 29.6 Å². The molecule has 2 aromatic carbocycles. The van der Waals surface area contributed by atoms with Gasteiger partial charge >= 0.3 is 0 Å². The van der Waals surface area contributed by atoms with Gasteiger partial charge in [-0.05, 0) is 22.6 Å². The normalized spacial score (nSPS) is 16.5. The molecule has 1 aliphatic rings. The molecule has 140 valence electrons. The molecule has 2 heterocycles. The van der Waals surface area contributed by atoms with E-state index in [-0.39, 0.29) is 6.04 Å². The first-order valence-corrected chi connectivity index (χ1v) is 9.56. The maximum atomic E-state index is 4.40. The molecule has 0 spiro atoms. The van der Waals surface area contributed by atoms with Crippen molar-refractivity contribution in [2.45, 2.75) is 19.0 Å².